The summed E-state index contributed by atoms with van der Waals surface area (Å²) in [7, 11) is 1.95. The Morgan fingerprint density at radius 1 is 1.27 bits per heavy atom. The van der Waals surface area contributed by atoms with Crippen molar-refractivity contribution < 1.29 is 14.7 Å². The third-order valence-corrected chi connectivity index (χ3v) is 5.72. The van der Waals surface area contributed by atoms with Crippen LogP contribution in [0.25, 0.3) is 6.08 Å². The van der Waals surface area contributed by atoms with Gasteiger partial charge in [-0.25, -0.2) is 9.78 Å². The highest BCUT2D eigenvalue weighted by Gasteiger charge is 2.51. The van der Waals surface area contributed by atoms with Crippen molar-refractivity contribution in [2.75, 3.05) is 18.9 Å². The van der Waals surface area contributed by atoms with Crippen LogP contribution in [0.4, 0.5) is 5.82 Å². The number of anilines is 1. The van der Waals surface area contributed by atoms with Gasteiger partial charge in [0.2, 0.25) is 5.91 Å². The minimum absolute atomic E-state index is 0. The van der Waals surface area contributed by atoms with E-state index < -0.39 is 11.4 Å². The predicted octanol–water partition coefficient (Wildman–Crippen LogP) is 2.99. The molecule has 158 valence electrons. The zero-order valence-electron chi connectivity index (χ0n) is 16.8. The van der Waals surface area contributed by atoms with Gasteiger partial charge in [-0.15, -0.1) is 12.4 Å². The van der Waals surface area contributed by atoms with Crippen LogP contribution >= 0.6 is 12.4 Å². The number of aromatic nitrogens is 2. The number of fused-ring (bicyclic) bond motifs is 3. The Labute approximate surface area is 181 Å². The fourth-order valence-corrected chi connectivity index (χ4v) is 4.16. The maximum absolute atomic E-state index is 12.9. The molecular formula is C22H25ClN4O3. The number of carbonyl (C=O) groups is 2. The number of nitrogens with one attached hydrogen (secondary N) is 2. The number of halogens is 1. The number of nitrogens with zero attached hydrogens (tertiary/aromatic N) is 2. The molecule has 2 aliphatic rings. The number of amides is 1. The first-order valence-electron chi connectivity index (χ1n) is 9.88. The molecule has 0 bridgehead atoms. The molecule has 1 spiro atoms. The molecule has 1 aliphatic heterocycles. The summed E-state index contributed by atoms with van der Waals surface area (Å²) < 4.78 is 0. The van der Waals surface area contributed by atoms with Gasteiger partial charge in [0.05, 0.1) is 11.0 Å². The van der Waals surface area contributed by atoms with E-state index in [9.17, 15) is 14.7 Å². The lowest BCUT2D eigenvalue weighted by atomic mass is 9.79. The van der Waals surface area contributed by atoms with Gasteiger partial charge in [0.25, 0.3) is 0 Å². The highest BCUT2D eigenvalue weighted by Crippen LogP contribution is 2.46. The van der Waals surface area contributed by atoms with Crippen LogP contribution in [-0.4, -0.2) is 40.5 Å². The van der Waals surface area contributed by atoms with Gasteiger partial charge in [-0.3, -0.25) is 9.78 Å². The SMILES string of the molecule is CNCCCC/C=C/c1cnc2c(c1)[C@@]1(Cc3cc(C(=O)O)cnc3C1)C(=O)N2.Cl. The van der Waals surface area contributed by atoms with E-state index in [4.69, 9.17) is 0 Å². The van der Waals surface area contributed by atoms with Gasteiger partial charge in [-0.1, -0.05) is 12.2 Å². The monoisotopic (exact) mass is 428 g/mol. The molecule has 0 radical (unpaired) electrons. The van der Waals surface area contributed by atoms with Crippen molar-refractivity contribution in [3.05, 3.63) is 58.6 Å². The van der Waals surface area contributed by atoms with Crippen LogP contribution in [0.15, 0.2) is 30.6 Å². The second kappa shape index (κ2) is 8.93. The molecule has 1 amide bonds. The number of carboxylic acid groups (broad SMARTS) is 1. The van der Waals surface area contributed by atoms with Crippen LogP contribution in [0.1, 0.15) is 52.0 Å². The molecule has 0 saturated carbocycles. The number of carbonyl (C=O) groups excluding carboxylic acids is 1. The topological polar surface area (TPSA) is 104 Å². The lowest BCUT2D eigenvalue weighted by Crippen LogP contribution is -2.35. The van der Waals surface area contributed by atoms with E-state index in [0.29, 0.717) is 18.7 Å². The Balaban J connectivity index is 0.00000256. The Kier molecular flexibility index (Phi) is 6.53. The number of pyridine rings is 2. The van der Waals surface area contributed by atoms with Crippen molar-refractivity contribution in [1.29, 1.82) is 0 Å². The lowest BCUT2D eigenvalue weighted by molar-refractivity contribution is -0.120. The standard InChI is InChI=1S/C22H24N4O3.ClH/c1-23-7-5-3-2-4-6-14-8-17-19(25-12-14)26-21(29)22(17)10-15-9-16(20(27)28)13-24-18(15)11-22;/h4,6,8-9,12-13,23H,2-3,5,7,10-11H2,1H3,(H,27,28)(H,25,26,29);1H/b6-4+;/t22-;/m0./s1. The van der Waals surface area contributed by atoms with E-state index in [0.717, 1.165) is 48.2 Å². The van der Waals surface area contributed by atoms with Crippen molar-refractivity contribution in [1.82, 2.24) is 15.3 Å². The van der Waals surface area contributed by atoms with Crippen LogP contribution in [0.5, 0.6) is 0 Å². The second-order valence-electron chi connectivity index (χ2n) is 7.69. The number of unbranched alkanes of at least 4 members (excludes halogenated alkanes) is 2. The summed E-state index contributed by atoms with van der Waals surface area (Å²) in [5.74, 6) is -0.517. The van der Waals surface area contributed by atoms with Crippen LogP contribution in [0, 0.1) is 0 Å². The molecule has 3 N–H and O–H groups in total. The Hall–Kier alpha value is -2.77. The molecular weight excluding hydrogens is 404 g/mol. The second-order valence-corrected chi connectivity index (χ2v) is 7.69. The molecule has 0 fully saturated rings. The summed E-state index contributed by atoms with van der Waals surface area (Å²) in [6.45, 7) is 1.02. The first-order valence-corrected chi connectivity index (χ1v) is 9.88. The summed E-state index contributed by atoms with van der Waals surface area (Å²) in [6, 6.07) is 3.65. The van der Waals surface area contributed by atoms with E-state index in [1.807, 2.05) is 19.2 Å². The predicted molar refractivity (Wildman–Crippen MR) is 117 cm³/mol. The van der Waals surface area contributed by atoms with Crippen molar-refractivity contribution >= 4 is 36.2 Å². The summed E-state index contributed by atoms with van der Waals surface area (Å²) in [6.07, 6.45) is 11.5. The zero-order valence-corrected chi connectivity index (χ0v) is 17.6. The highest BCUT2D eigenvalue weighted by atomic mass is 35.5. The summed E-state index contributed by atoms with van der Waals surface area (Å²) >= 11 is 0. The molecule has 8 heteroatoms. The highest BCUT2D eigenvalue weighted by molar-refractivity contribution is 6.06. The van der Waals surface area contributed by atoms with Crippen LogP contribution in [0.2, 0.25) is 0 Å². The molecule has 2 aromatic heterocycles. The molecule has 2 aromatic rings. The minimum atomic E-state index is -1.01. The third kappa shape index (κ3) is 3.95. The quantitative estimate of drug-likeness (QED) is 0.585. The average molecular weight is 429 g/mol. The van der Waals surface area contributed by atoms with Crippen LogP contribution in [-0.2, 0) is 23.1 Å². The molecule has 1 aliphatic carbocycles. The molecule has 1 atom stereocenters. The van der Waals surface area contributed by atoms with Crippen molar-refractivity contribution in [3.8, 4) is 0 Å². The minimum Gasteiger partial charge on any atom is -0.478 e. The van der Waals surface area contributed by atoms with Crippen LogP contribution in [0.3, 0.4) is 0 Å². The van der Waals surface area contributed by atoms with Crippen molar-refractivity contribution in [2.45, 2.75) is 37.5 Å². The smallest absolute Gasteiger partial charge is 0.337 e. The van der Waals surface area contributed by atoms with E-state index in [1.165, 1.54) is 6.20 Å². The number of allylic oxidation sites excluding steroid dienone is 1. The van der Waals surface area contributed by atoms with Gasteiger partial charge in [0.15, 0.2) is 0 Å². The first kappa shape index (κ1) is 21.9. The number of hydrogen-bond donors (Lipinski definition) is 3. The molecule has 4 rings (SSSR count). The van der Waals surface area contributed by atoms with Gasteiger partial charge in [0.1, 0.15) is 5.82 Å². The van der Waals surface area contributed by atoms with Crippen molar-refractivity contribution in [3.63, 3.8) is 0 Å². The summed E-state index contributed by atoms with van der Waals surface area (Å²) in [5, 5.41) is 15.3. The van der Waals surface area contributed by atoms with E-state index >= 15 is 0 Å². The molecule has 0 aromatic carbocycles. The maximum Gasteiger partial charge on any atom is 0.337 e. The fraction of sp³-hybridized carbons (Fsp3) is 0.364. The van der Waals surface area contributed by atoms with Gasteiger partial charge in [-0.2, -0.15) is 0 Å². The third-order valence-electron chi connectivity index (χ3n) is 5.72. The van der Waals surface area contributed by atoms with Gasteiger partial charge >= 0.3 is 5.97 Å². The van der Waals surface area contributed by atoms with Gasteiger partial charge < -0.3 is 15.7 Å². The largest absolute Gasteiger partial charge is 0.478 e. The number of hydrogen-bond acceptors (Lipinski definition) is 5. The fourth-order valence-electron chi connectivity index (χ4n) is 4.16. The zero-order chi connectivity index (χ0) is 20.4. The molecule has 30 heavy (non-hydrogen) atoms. The Morgan fingerprint density at radius 3 is 2.87 bits per heavy atom. The Morgan fingerprint density at radius 2 is 2.10 bits per heavy atom. The van der Waals surface area contributed by atoms with E-state index in [1.54, 1.807) is 12.3 Å². The van der Waals surface area contributed by atoms with Gasteiger partial charge in [0, 0.05) is 30.1 Å². The maximum atomic E-state index is 12.9. The molecule has 3 heterocycles. The normalized spacial score (nSPS) is 18.9. The average Bonchev–Trinajstić information content (AvgIpc) is 3.22. The summed E-state index contributed by atoms with van der Waals surface area (Å²) in [5.41, 5.74) is 2.82. The van der Waals surface area contributed by atoms with Gasteiger partial charge in [-0.05, 0) is 62.5 Å². The molecule has 0 saturated heterocycles. The van der Waals surface area contributed by atoms with Crippen molar-refractivity contribution in [2.24, 2.45) is 0 Å². The number of carboxylic acids is 1. The molecule has 7 nitrogen and oxygen atoms in total. The number of rotatable bonds is 7. The van der Waals surface area contributed by atoms with E-state index in [-0.39, 0.29) is 23.9 Å². The van der Waals surface area contributed by atoms with E-state index in [2.05, 4.69) is 26.7 Å². The molecule has 0 unspecified atom stereocenters. The summed E-state index contributed by atoms with van der Waals surface area (Å²) in [4.78, 5) is 32.9. The number of aromatic carboxylic acids is 1. The first-order chi connectivity index (χ1) is 14.0. The Bertz CT molecular complexity index is 1010. The van der Waals surface area contributed by atoms with Crippen LogP contribution < -0.4 is 10.6 Å². The lowest BCUT2D eigenvalue weighted by Gasteiger charge is -2.20.